The molecule has 13 heteroatoms. The van der Waals surface area contributed by atoms with Crippen LogP contribution in [0.25, 0.3) is 0 Å². The largest absolute Gasteiger partial charge is 0.478 e. The molecule has 0 bridgehead atoms. The Hall–Kier alpha value is -2.12. The van der Waals surface area contributed by atoms with Gasteiger partial charge in [-0.1, -0.05) is 29.4 Å². The van der Waals surface area contributed by atoms with Crippen LogP contribution in [-0.4, -0.2) is 65.6 Å². The van der Waals surface area contributed by atoms with Gasteiger partial charge in [0.15, 0.2) is 10.9 Å². The zero-order valence-electron chi connectivity index (χ0n) is 14.7. The molecule has 28 heavy (non-hydrogen) atoms. The Bertz CT molecular complexity index is 918. The van der Waals surface area contributed by atoms with Crippen LogP contribution in [0.3, 0.4) is 0 Å². The number of carbonyl (C=O) groups is 2. The molecular formula is C15H18ClN3O7S2. The van der Waals surface area contributed by atoms with E-state index in [2.05, 4.69) is 4.99 Å². The third-order valence-corrected chi connectivity index (χ3v) is 6.16. The van der Waals surface area contributed by atoms with Crippen LogP contribution in [0, 0.1) is 0 Å². The highest BCUT2D eigenvalue weighted by atomic mass is 35.5. The Morgan fingerprint density at radius 3 is 2.25 bits per heavy atom. The molecule has 0 amide bonds. The number of hydrogen-bond donors (Lipinski definition) is 4. The number of benzene rings is 1. The lowest BCUT2D eigenvalue weighted by molar-refractivity contribution is -0.134. The Morgan fingerprint density at radius 1 is 1.32 bits per heavy atom. The van der Waals surface area contributed by atoms with Crippen molar-refractivity contribution in [3.05, 3.63) is 40.9 Å². The Balaban J connectivity index is 0.000000416. The van der Waals surface area contributed by atoms with Crippen molar-refractivity contribution in [3.8, 4) is 0 Å². The molecule has 0 aliphatic carbocycles. The third kappa shape index (κ3) is 5.94. The number of nitrogens with zero attached hydrogens (tertiary/aromatic N) is 2. The number of aliphatic imine (C=N–C) groups is 1. The number of halogens is 1. The first-order chi connectivity index (χ1) is 12.8. The van der Waals surface area contributed by atoms with Gasteiger partial charge in [-0.05, 0) is 12.1 Å². The van der Waals surface area contributed by atoms with Crippen molar-refractivity contribution in [2.24, 2.45) is 10.1 Å². The summed E-state index contributed by atoms with van der Waals surface area (Å²) in [6.07, 6.45) is 1.12. The van der Waals surface area contributed by atoms with Crippen LogP contribution in [0.1, 0.15) is 5.56 Å². The van der Waals surface area contributed by atoms with Gasteiger partial charge in [0.2, 0.25) is 10.0 Å². The van der Waals surface area contributed by atoms with Crippen molar-refractivity contribution in [1.82, 2.24) is 4.90 Å². The van der Waals surface area contributed by atoms with E-state index >= 15 is 0 Å². The summed E-state index contributed by atoms with van der Waals surface area (Å²) in [4.78, 5) is 24.5. The van der Waals surface area contributed by atoms with E-state index in [1.54, 1.807) is 25.1 Å². The minimum absolute atomic E-state index is 0.0255. The van der Waals surface area contributed by atoms with Gasteiger partial charge in [-0.25, -0.2) is 23.1 Å². The maximum Gasteiger partial charge on any atom is 0.328 e. The van der Waals surface area contributed by atoms with Crippen molar-refractivity contribution in [2.45, 2.75) is 10.6 Å². The monoisotopic (exact) mass is 451 g/mol. The van der Waals surface area contributed by atoms with Gasteiger partial charge >= 0.3 is 11.9 Å². The molecule has 154 valence electrons. The fourth-order valence-corrected chi connectivity index (χ4v) is 4.36. The van der Waals surface area contributed by atoms with Gasteiger partial charge < -0.3 is 20.2 Å². The molecule has 1 aromatic carbocycles. The van der Waals surface area contributed by atoms with Crippen LogP contribution in [0.4, 0.5) is 0 Å². The molecule has 0 saturated carbocycles. The molecule has 0 aromatic heterocycles. The average Bonchev–Trinajstić information content (AvgIpc) is 2.88. The highest BCUT2D eigenvalue weighted by molar-refractivity contribution is 8.14. The minimum atomic E-state index is -3.95. The number of aliphatic carboxylic acids is 2. The highest BCUT2D eigenvalue weighted by Gasteiger charge is 2.42. The maximum atomic E-state index is 11.5. The van der Waals surface area contributed by atoms with Crippen LogP contribution in [0.2, 0.25) is 5.02 Å². The van der Waals surface area contributed by atoms with Crippen molar-refractivity contribution in [2.75, 3.05) is 19.8 Å². The summed E-state index contributed by atoms with van der Waals surface area (Å²) in [7, 11) is -0.632. The molecule has 1 aliphatic heterocycles. The summed E-state index contributed by atoms with van der Waals surface area (Å²) in [6, 6.07) is 4.29. The number of amidine groups is 1. The maximum absolute atomic E-state index is 11.5. The molecule has 1 heterocycles. The molecule has 1 aromatic rings. The number of aliphatic hydroxyl groups is 1. The summed E-state index contributed by atoms with van der Waals surface area (Å²) in [5, 5.41) is 32.2. The van der Waals surface area contributed by atoms with Crippen LogP contribution in [-0.2, 0) is 25.3 Å². The highest BCUT2D eigenvalue weighted by Crippen LogP contribution is 2.39. The first-order valence-electron chi connectivity index (χ1n) is 7.35. The average molecular weight is 452 g/mol. The van der Waals surface area contributed by atoms with E-state index in [4.69, 9.17) is 27.0 Å². The first kappa shape index (κ1) is 23.9. The molecule has 2 rings (SSSR count). The smallest absolute Gasteiger partial charge is 0.328 e. The lowest BCUT2D eigenvalue weighted by atomic mass is 10.0. The SMILES string of the molecule is CN=C1SCC(O)(c2ccc(Cl)c(S(N)(=O)=O)c2)N1C.O=C(O)/C=C\C(=O)O. The zero-order valence-corrected chi connectivity index (χ0v) is 17.1. The van der Waals surface area contributed by atoms with E-state index < -0.39 is 27.7 Å². The number of carboxylic acids is 2. The second-order valence-corrected chi connectivity index (χ2v) is 8.25. The van der Waals surface area contributed by atoms with Crippen LogP contribution < -0.4 is 5.14 Å². The van der Waals surface area contributed by atoms with Crippen LogP contribution in [0.15, 0.2) is 40.2 Å². The molecule has 1 aliphatic rings. The minimum Gasteiger partial charge on any atom is -0.478 e. The molecule has 1 fully saturated rings. The van der Waals surface area contributed by atoms with E-state index in [0.717, 1.165) is 0 Å². The predicted molar refractivity (Wildman–Crippen MR) is 105 cm³/mol. The van der Waals surface area contributed by atoms with Crippen LogP contribution in [0.5, 0.6) is 0 Å². The zero-order chi connectivity index (χ0) is 21.7. The Kier molecular flexibility index (Phi) is 8.02. The van der Waals surface area contributed by atoms with Crippen molar-refractivity contribution in [1.29, 1.82) is 0 Å². The number of hydrogen-bond acceptors (Lipinski definition) is 7. The third-order valence-electron chi connectivity index (χ3n) is 3.50. The molecule has 0 radical (unpaired) electrons. The van der Waals surface area contributed by atoms with Gasteiger partial charge in [-0.3, -0.25) is 4.99 Å². The van der Waals surface area contributed by atoms with Crippen LogP contribution >= 0.6 is 23.4 Å². The van der Waals surface area contributed by atoms with Gasteiger partial charge in [-0.2, -0.15) is 0 Å². The van der Waals surface area contributed by atoms with Crippen molar-refractivity contribution < 1.29 is 33.3 Å². The van der Waals surface area contributed by atoms with E-state index in [-0.39, 0.29) is 9.92 Å². The van der Waals surface area contributed by atoms with Crippen molar-refractivity contribution >= 4 is 50.5 Å². The second kappa shape index (κ2) is 9.39. The number of thioether (sulfide) groups is 1. The Labute approximate surface area is 170 Å². The van der Waals surface area contributed by atoms with Gasteiger partial charge in [-0.15, -0.1) is 0 Å². The number of carboxylic acid groups (broad SMARTS) is 2. The topological polar surface area (TPSA) is 171 Å². The van der Waals surface area contributed by atoms with E-state index in [9.17, 15) is 23.1 Å². The normalized spacial score (nSPS) is 20.9. The van der Waals surface area contributed by atoms with E-state index in [1.807, 2.05) is 0 Å². The number of nitrogens with two attached hydrogens (primary N) is 1. The van der Waals surface area contributed by atoms with E-state index in [1.165, 1.54) is 23.9 Å². The van der Waals surface area contributed by atoms with Gasteiger partial charge in [0.05, 0.1) is 10.8 Å². The summed E-state index contributed by atoms with van der Waals surface area (Å²) in [5.41, 5.74) is -0.941. The summed E-state index contributed by atoms with van der Waals surface area (Å²) in [5.74, 6) is -2.18. The number of rotatable bonds is 4. The molecule has 1 atom stereocenters. The molecule has 1 unspecified atom stereocenters. The quantitative estimate of drug-likeness (QED) is 0.476. The summed E-state index contributed by atoms with van der Waals surface area (Å²) >= 11 is 7.22. The molecular weight excluding hydrogens is 434 g/mol. The molecule has 10 nitrogen and oxygen atoms in total. The second-order valence-electron chi connectivity index (χ2n) is 5.37. The fraction of sp³-hybridized carbons (Fsp3) is 0.267. The molecule has 1 saturated heterocycles. The van der Waals surface area contributed by atoms with Gasteiger partial charge in [0, 0.05) is 31.8 Å². The Morgan fingerprint density at radius 2 is 1.86 bits per heavy atom. The lowest BCUT2D eigenvalue weighted by Gasteiger charge is -2.31. The molecule has 5 N–H and O–H groups in total. The standard InChI is InChI=1S/C11H14ClN3O3S2.C4H4O4/c1-14-10-15(2)11(16,6-19-10)7-3-4-8(12)9(5-7)20(13,17)18;5-3(6)1-2-4(7)8/h3-5,16H,6H2,1-2H3,(H2,13,17,18);1-2H,(H,5,6)(H,7,8)/b;2-1-. The summed E-state index contributed by atoms with van der Waals surface area (Å²) < 4.78 is 23.0. The number of primary sulfonamides is 1. The molecule has 0 spiro atoms. The van der Waals surface area contributed by atoms with Gasteiger partial charge in [0.1, 0.15) is 4.90 Å². The lowest BCUT2D eigenvalue weighted by Crippen LogP contribution is -2.42. The first-order valence-corrected chi connectivity index (χ1v) is 10.3. The van der Waals surface area contributed by atoms with Gasteiger partial charge in [0.25, 0.3) is 0 Å². The van der Waals surface area contributed by atoms with Crippen molar-refractivity contribution in [3.63, 3.8) is 0 Å². The summed E-state index contributed by atoms with van der Waals surface area (Å²) in [6.45, 7) is 0. The number of sulfonamides is 1. The fourth-order valence-electron chi connectivity index (χ4n) is 2.12. The predicted octanol–water partition coefficient (Wildman–Crippen LogP) is 0.509. The van der Waals surface area contributed by atoms with E-state index in [0.29, 0.717) is 28.6 Å².